The van der Waals surface area contributed by atoms with E-state index < -0.39 is 17.9 Å². The number of aliphatic hydroxyl groups is 1. The van der Waals surface area contributed by atoms with Crippen molar-refractivity contribution in [1.29, 1.82) is 0 Å². The highest BCUT2D eigenvalue weighted by atomic mass is 35.5. The number of benzene rings is 1. The number of carbonyl (C=O) groups excluding carboxylic acids is 2. The van der Waals surface area contributed by atoms with Crippen molar-refractivity contribution in [3.8, 4) is 0 Å². The molecule has 2 amide bonds. The van der Waals surface area contributed by atoms with Gasteiger partial charge in [-0.25, -0.2) is 0 Å². The third-order valence-corrected chi connectivity index (χ3v) is 3.35. The summed E-state index contributed by atoms with van der Waals surface area (Å²) in [5.41, 5.74) is 0.191. The van der Waals surface area contributed by atoms with Crippen LogP contribution in [0.5, 0.6) is 0 Å². The molecule has 1 aromatic carbocycles. The Labute approximate surface area is 131 Å². The average molecular weight is 340 g/mol. The molecule has 0 spiro atoms. The second-order valence-electron chi connectivity index (χ2n) is 4.09. The van der Waals surface area contributed by atoms with E-state index in [0.717, 1.165) is 0 Å². The van der Waals surface area contributed by atoms with Crippen molar-refractivity contribution >= 4 is 52.3 Å². The fourth-order valence-corrected chi connectivity index (χ4v) is 1.87. The number of anilines is 1. The Balaban J connectivity index is 2.62. The van der Waals surface area contributed by atoms with Gasteiger partial charge in [-0.15, -0.1) is 0 Å². The van der Waals surface area contributed by atoms with E-state index in [2.05, 4.69) is 10.6 Å². The van der Waals surface area contributed by atoms with Gasteiger partial charge in [-0.3, -0.25) is 9.59 Å². The van der Waals surface area contributed by atoms with Crippen molar-refractivity contribution < 1.29 is 14.7 Å². The molecule has 0 radical (unpaired) electrons. The topological polar surface area (TPSA) is 78.4 Å². The number of carbonyl (C=O) groups is 2. The van der Waals surface area contributed by atoms with Crippen molar-refractivity contribution in [1.82, 2.24) is 5.32 Å². The predicted molar refractivity (Wildman–Crippen MR) is 79.4 cm³/mol. The molecule has 110 valence electrons. The Morgan fingerprint density at radius 3 is 2.35 bits per heavy atom. The zero-order valence-electron chi connectivity index (χ0n) is 10.5. The Morgan fingerprint density at radius 1 is 1.15 bits per heavy atom. The van der Waals surface area contributed by atoms with Gasteiger partial charge < -0.3 is 15.7 Å². The summed E-state index contributed by atoms with van der Waals surface area (Å²) in [5.74, 6) is -1.70. The second kappa shape index (κ2) is 7.69. The minimum Gasteiger partial charge on any atom is -0.393 e. The molecule has 1 rings (SSSR count). The van der Waals surface area contributed by atoms with Crippen LogP contribution in [-0.4, -0.2) is 29.6 Å². The largest absolute Gasteiger partial charge is 0.393 e. The molecule has 0 aliphatic heterocycles. The summed E-state index contributed by atoms with van der Waals surface area (Å²) in [6, 6.07) is 2.72. The number of hydrogen-bond acceptors (Lipinski definition) is 3. The molecule has 1 aromatic rings. The Kier molecular flexibility index (Phi) is 6.55. The van der Waals surface area contributed by atoms with Gasteiger partial charge in [0.15, 0.2) is 0 Å². The lowest BCUT2D eigenvalue weighted by Gasteiger charge is -2.09. The summed E-state index contributed by atoms with van der Waals surface area (Å²) in [6.07, 6.45) is -0.199. The third-order valence-electron chi connectivity index (χ3n) is 2.31. The van der Waals surface area contributed by atoms with Gasteiger partial charge in [0.1, 0.15) is 0 Å². The minimum absolute atomic E-state index is 0.171. The van der Waals surface area contributed by atoms with Crippen LogP contribution in [-0.2, 0) is 9.59 Å². The van der Waals surface area contributed by atoms with Crippen LogP contribution in [0.15, 0.2) is 12.1 Å². The SMILES string of the molecule is CC(O)CCNC(=O)C(=O)Nc1cc(Cl)c(Cl)cc1Cl. The van der Waals surface area contributed by atoms with Crippen LogP contribution in [0.25, 0.3) is 0 Å². The number of amides is 2. The normalized spacial score (nSPS) is 11.8. The van der Waals surface area contributed by atoms with E-state index in [9.17, 15) is 9.59 Å². The first-order valence-corrected chi connectivity index (χ1v) is 6.86. The van der Waals surface area contributed by atoms with Gasteiger partial charge in [-0.05, 0) is 25.5 Å². The van der Waals surface area contributed by atoms with Crippen molar-refractivity contribution in [2.24, 2.45) is 0 Å². The first-order chi connectivity index (χ1) is 9.31. The number of aliphatic hydroxyl groups excluding tert-OH is 1. The van der Waals surface area contributed by atoms with Crippen molar-refractivity contribution in [2.75, 3.05) is 11.9 Å². The maximum absolute atomic E-state index is 11.6. The molecule has 0 bridgehead atoms. The minimum atomic E-state index is -0.879. The van der Waals surface area contributed by atoms with Crippen LogP contribution in [0.2, 0.25) is 15.1 Å². The van der Waals surface area contributed by atoms with E-state index in [1.807, 2.05) is 0 Å². The molecule has 1 atom stereocenters. The van der Waals surface area contributed by atoms with E-state index in [4.69, 9.17) is 39.9 Å². The lowest BCUT2D eigenvalue weighted by Crippen LogP contribution is -2.36. The molecule has 0 aliphatic rings. The molecule has 0 heterocycles. The molecule has 5 nitrogen and oxygen atoms in total. The van der Waals surface area contributed by atoms with Gasteiger partial charge in [-0.2, -0.15) is 0 Å². The quantitative estimate of drug-likeness (QED) is 0.582. The van der Waals surface area contributed by atoms with Gasteiger partial charge in [0, 0.05) is 6.54 Å². The van der Waals surface area contributed by atoms with E-state index >= 15 is 0 Å². The molecule has 3 N–H and O–H groups in total. The molecule has 20 heavy (non-hydrogen) atoms. The highest BCUT2D eigenvalue weighted by Gasteiger charge is 2.16. The molecular formula is C12H13Cl3N2O3. The highest BCUT2D eigenvalue weighted by molar-refractivity contribution is 6.45. The number of nitrogens with one attached hydrogen (secondary N) is 2. The van der Waals surface area contributed by atoms with Crippen LogP contribution in [0, 0.1) is 0 Å². The van der Waals surface area contributed by atoms with Gasteiger partial charge in [0.05, 0.1) is 26.9 Å². The van der Waals surface area contributed by atoms with Crippen LogP contribution >= 0.6 is 34.8 Å². The van der Waals surface area contributed by atoms with Crippen LogP contribution in [0.4, 0.5) is 5.69 Å². The van der Waals surface area contributed by atoms with Crippen LogP contribution in [0.1, 0.15) is 13.3 Å². The van der Waals surface area contributed by atoms with Crippen molar-refractivity contribution in [3.05, 3.63) is 27.2 Å². The Morgan fingerprint density at radius 2 is 1.75 bits per heavy atom. The van der Waals surface area contributed by atoms with Gasteiger partial charge in [0.2, 0.25) is 0 Å². The first-order valence-electron chi connectivity index (χ1n) is 5.73. The molecule has 8 heteroatoms. The monoisotopic (exact) mass is 338 g/mol. The summed E-state index contributed by atoms with van der Waals surface area (Å²) >= 11 is 17.4. The fourth-order valence-electron chi connectivity index (χ4n) is 1.27. The predicted octanol–water partition coefficient (Wildman–Crippen LogP) is 2.47. The highest BCUT2D eigenvalue weighted by Crippen LogP contribution is 2.32. The molecule has 0 fully saturated rings. The van der Waals surface area contributed by atoms with E-state index in [-0.39, 0.29) is 27.3 Å². The zero-order valence-corrected chi connectivity index (χ0v) is 12.8. The summed E-state index contributed by atoms with van der Waals surface area (Å²) in [6.45, 7) is 1.78. The van der Waals surface area contributed by atoms with E-state index in [1.165, 1.54) is 12.1 Å². The molecule has 0 aromatic heterocycles. The lowest BCUT2D eigenvalue weighted by atomic mass is 10.3. The summed E-state index contributed by atoms with van der Waals surface area (Å²) in [4.78, 5) is 23.1. The molecule has 0 saturated heterocycles. The van der Waals surface area contributed by atoms with Crippen molar-refractivity contribution in [2.45, 2.75) is 19.4 Å². The second-order valence-corrected chi connectivity index (χ2v) is 5.32. The van der Waals surface area contributed by atoms with Crippen molar-refractivity contribution in [3.63, 3.8) is 0 Å². The third kappa shape index (κ3) is 5.17. The summed E-state index contributed by atoms with van der Waals surface area (Å²) < 4.78 is 0. The van der Waals surface area contributed by atoms with Gasteiger partial charge in [0.25, 0.3) is 0 Å². The van der Waals surface area contributed by atoms with Gasteiger partial charge in [-0.1, -0.05) is 34.8 Å². The Bertz CT molecular complexity index is 521. The van der Waals surface area contributed by atoms with Gasteiger partial charge >= 0.3 is 11.8 Å². The standard InChI is InChI=1S/C12H13Cl3N2O3/c1-6(18)2-3-16-11(19)12(20)17-10-5-8(14)7(13)4-9(10)15/h4-6,18H,2-3H2,1H3,(H,16,19)(H,17,20). The summed E-state index contributed by atoms with van der Waals surface area (Å²) in [5, 5.41) is 14.4. The number of hydrogen-bond donors (Lipinski definition) is 3. The fraction of sp³-hybridized carbons (Fsp3) is 0.333. The Hall–Kier alpha value is -1.01. The summed E-state index contributed by atoms with van der Waals surface area (Å²) in [7, 11) is 0. The maximum atomic E-state index is 11.6. The number of rotatable bonds is 4. The first kappa shape index (κ1) is 17.0. The maximum Gasteiger partial charge on any atom is 0.313 e. The number of halogens is 3. The smallest absolute Gasteiger partial charge is 0.313 e. The molecular weight excluding hydrogens is 327 g/mol. The van der Waals surface area contributed by atoms with E-state index in [0.29, 0.717) is 6.42 Å². The van der Waals surface area contributed by atoms with Crippen LogP contribution < -0.4 is 10.6 Å². The van der Waals surface area contributed by atoms with E-state index in [1.54, 1.807) is 6.92 Å². The van der Waals surface area contributed by atoms with Crippen LogP contribution in [0.3, 0.4) is 0 Å². The average Bonchev–Trinajstić information content (AvgIpc) is 2.35. The zero-order chi connectivity index (χ0) is 15.3. The molecule has 0 aliphatic carbocycles. The molecule has 1 unspecified atom stereocenters. The lowest BCUT2D eigenvalue weighted by molar-refractivity contribution is -0.136. The molecule has 0 saturated carbocycles.